The van der Waals surface area contributed by atoms with E-state index in [0.29, 0.717) is 13.2 Å². The molecule has 6 heteroatoms. The van der Waals surface area contributed by atoms with E-state index < -0.39 is 6.04 Å². The molecule has 2 heterocycles. The molecule has 1 fully saturated rings. The number of benzene rings is 1. The van der Waals surface area contributed by atoms with Gasteiger partial charge in [0.15, 0.2) is 6.04 Å². The Morgan fingerprint density at radius 2 is 2.24 bits per heavy atom. The van der Waals surface area contributed by atoms with Crippen LogP contribution in [-0.4, -0.2) is 35.0 Å². The number of hydroxylamine groups is 1. The molecule has 1 N–H and O–H groups in total. The lowest BCUT2D eigenvalue weighted by Gasteiger charge is -2.18. The molecule has 0 radical (unpaired) electrons. The van der Waals surface area contributed by atoms with Crippen LogP contribution in [0.1, 0.15) is 18.0 Å². The normalized spacial score (nSPS) is 19.3. The van der Waals surface area contributed by atoms with E-state index >= 15 is 0 Å². The Morgan fingerprint density at radius 3 is 2.90 bits per heavy atom. The lowest BCUT2D eigenvalue weighted by molar-refractivity contribution is -0.141. The van der Waals surface area contributed by atoms with E-state index in [2.05, 4.69) is 10.6 Å². The molecule has 1 amide bonds. The molecule has 0 bridgehead atoms. The van der Waals surface area contributed by atoms with Crippen LogP contribution in [0.4, 0.5) is 0 Å². The zero-order valence-electron chi connectivity index (χ0n) is 11.5. The van der Waals surface area contributed by atoms with E-state index in [4.69, 9.17) is 9.57 Å². The molecule has 110 valence electrons. The van der Waals surface area contributed by atoms with Gasteiger partial charge in [-0.05, 0) is 11.6 Å². The molecule has 0 aliphatic carbocycles. The Balaban J connectivity index is 1.74. The van der Waals surface area contributed by atoms with E-state index in [1.54, 1.807) is 23.1 Å². The summed E-state index contributed by atoms with van der Waals surface area (Å²) in [6, 6.07) is 10.7. The van der Waals surface area contributed by atoms with E-state index in [1.807, 2.05) is 30.3 Å². The van der Waals surface area contributed by atoms with Crippen molar-refractivity contribution in [2.45, 2.75) is 18.6 Å². The highest BCUT2D eigenvalue weighted by Crippen LogP contribution is 2.18. The summed E-state index contributed by atoms with van der Waals surface area (Å²) in [4.78, 5) is 17.9. The van der Waals surface area contributed by atoms with Crippen LogP contribution < -0.4 is 5.48 Å². The number of nitrogens with zero attached hydrogens (tertiary/aromatic N) is 2. The largest absolute Gasteiger partial charge is 0.379 e. The highest BCUT2D eigenvalue weighted by atomic mass is 16.7. The SMILES string of the molecule is O=C(NOC1CCOC1)C(c1ccccc1)n1cccn1. The molecule has 1 saturated heterocycles. The summed E-state index contributed by atoms with van der Waals surface area (Å²) in [5.41, 5.74) is 3.38. The summed E-state index contributed by atoms with van der Waals surface area (Å²) >= 11 is 0. The zero-order chi connectivity index (χ0) is 14.5. The number of nitrogens with one attached hydrogen (secondary N) is 1. The standard InChI is InChI=1S/C15H17N3O3/c19-15(17-21-13-7-10-20-11-13)14(18-9-4-8-16-18)12-5-2-1-3-6-12/h1-6,8-9,13-14H,7,10-11H2,(H,17,19). The quantitative estimate of drug-likeness (QED) is 0.842. The monoisotopic (exact) mass is 287 g/mol. The molecule has 0 spiro atoms. The van der Waals surface area contributed by atoms with Crippen molar-refractivity contribution in [2.24, 2.45) is 0 Å². The molecule has 1 aliphatic rings. The van der Waals surface area contributed by atoms with Gasteiger partial charge in [-0.2, -0.15) is 5.10 Å². The van der Waals surface area contributed by atoms with Crippen LogP contribution >= 0.6 is 0 Å². The fraction of sp³-hybridized carbons (Fsp3) is 0.333. The molecular formula is C15H17N3O3. The average Bonchev–Trinajstić information content (AvgIpc) is 3.20. The van der Waals surface area contributed by atoms with Crippen LogP contribution in [0.15, 0.2) is 48.8 Å². The molecule has 6 nitrogen and oxygen atoms in total. The zero-order valence-corrected chi connectivity index (χ0v) is 11.5. The van der Waals surface area contributed by atoms with Crippen molar-refractivity contribution < 1.29 is 14.4 Å². The van der Waals surface area contributed by atoms with Gasteiger partial charge in [0, 0.05) is 25.4 Å². The first-order chi connectivity index (χ1) is 10.3. The molecular weight excluding hydrogens is 270 g/mol. The van der Waals surface area contributed by atoms with Crippen LogP contribution in [0, 0.1) is 0 Å². The van der Waals surface area contributed by atoms with Crippen LogP contribution in [0.3, 0.4) is 0 Å². The Morgan fingerprint density at radius 1 is 1.38 bits per heavy atom. The third-order valence-electron chi connectivity index (χ3n) is 3.37. The second kappa shape index (κ2) is 6.51. The smallest absolute Gasteiger partial charge is 0.272 e. The molecule has 0 saturated carbocycles. The van der Waals surface area contributed by atoms with E-state index in [0.717, 1.165) is 12.0 Å². The maximum atomic E-state index is 12.5. The Hall–Kier alpha value is -2.18. The summed E-state index contributed by atoms with van der Waals surface area (Å²) in [6.07, 6.45) is 4.12. The van der Waals surface area contributed by atoms with Gasteiger partial charge in [0.1, 0.15) is 6.10 Å². The van der Waals surface area contributed by atoms with Crippen LogP contribution in [0.2, 0.25) is 0 Å². The minimum absolute atomic E-state index is 0.0806. The van der Waals surface area contributed by atoms with Crippen LogP contribution in [0.5, 0.6) is 0 Å². The van der Waals surface area contributed by atoms with Gasteiger partial charge < -0.3 is 4.74 Å². The predicted octanol–water partition coefficient (Wildman–Crippen LogP) is 1.31. The van der Waals surface area contributed by atoms with Gasteiger partial charge in [-0.3, -0.25) is 14.3 Å². The highest BCUT2D eigenvalue weighted by Gasteiger charge is 2.25. The minimum atomic E-state index is -0.552. The Kier molecular flexibility index (Phi) is 4.28. The number of hydrogen-bond acceptors (Lipinski definition) is 4. The third-order valence-corrected chi connectivity index (χ3v) is 3.37. The van der Waals surface area contributed by atoms with Gasteiger partial charge in [0.05, 0.1) is 6.61 Å². The van der Waals surface area contributed by atoms with E-state index in [-0.39, 0.29) is 12.0 Å². The molecule has 3 rings (SSSR count). The second-order valence-electron chi connectivity index (χ2n) is 4.87. The van der Waals surface area contributed by atoms with Crippen molar-refractivity contribution in [3.05, 3.63) is 54.4 Å². The molecule has 21 heavy (non-hydrogen) atoms. The molecule has 2 unspecified atom stereocenters. The molecule has 1 aliphatic heterocycles. The lowest BCUT2D eigenvalue weighted by Crippen LogP contribution is -2.36. The van der Waals surface area contributed by atoms with Crippen molar-refractivity contribution in [1.29, 1.82) is 0 Å². The van der Waals surface area contributed by atoms with Crippen molar-refractivity contribution in [3.63, 3.8) is 0 Å². The lowest BCUT2D eigenvalue weighted by atomic mass is 10.1. The van der Waals surface area contributed by atoms with Crippen molar-refractivity contribution >= 4 is 5.91 Å². The minimum Gasteiger partial charge on any atom is -0.379 e. The van der Waals surface area contributed by atoms with E-state index in [1.165, 1.54) is 0 Å². The average molecular weight is 287 g/mol. The molecule has 1 aromatic carbocycles. The summed E-state index contributed by atoms with van der Waals surface area (Å²) in [7, 11) is 0. The maximum absolute atomic E-state index is 12.5. The van der Waals surface area contributed by atoms with Crippen molar-refractivity contribution in [2.75, 3.05) is 13.2 Å². The van der Waals surface area contributed by atoms with Gasteiger partial charge in [-0.1, -0.05) is 30.3 Å². The predicted molar refractivity (Wildman–Crippen MR) is 75.3 cm³/mol. The third kappa shape index (κ3) is 3.29. The Labute approximate surface area is 122 Å². The Bertz CT molecular complexity index is 565. The molecule has 2 atom stereocenters. The van der Waals surface area contributed by atoms with Gasteiger partial charge in [0.2, 0.25) is 0 Å². The summed E-state index contributed by atoms with van der Waals surface area (Å²) in [6.45, 7) is 1.18. The summed E-state index contributed by atoms with van der Waals surface area (Å²) in [5.74, 6) is -0.253. The number of carbonyl (C=O) groups is 1. The maximum Gasteiger partial charge on any atom is 0.272 e. The highest BCUT2D eigenvalue weighted by molar-refractivity contribution is 5.82. The van der Waals surface area contributed by atoms with Gasteiger partial charge in [0.25, 0.3) is 5.91 Å². The summed E-state index contributed by atoms with van der Waals surface area (Å²) in [5, 5.41) is 4.17. The second-order valence-corrected chi connectivity index (χ2v) is 4.87. The first-order valence-electron chi connectivity index (χ1n) is 6.92. The number of rotatable bonds is 5. The van der Waals surface area contributed by atoms with E-state index in [9.17, 15) is 4.79 Å². The van der Waals surface area contributed by atoms with Crippen molar-refractivity contribution in [3.8, 4) is 0 Å². The first kappa shape index (κ1) is 13.8. The molecule has 1 aromatic heterocycles. The van der Waals surface area contributed by atoms with Gasteiger partial charge in [-0.15, -0.1) is 0 Å². The number of amides is 1. The fourth-order valence-corrected chi connectivity index (χ4v) is 2.30. The van der Waals surface area contributed by atoms with Crippen molar-refractivity contribution in [1.82, 2.24) is 15.3 Å². The number of hydrogen-bond donors (Lipinski definition) is 1. The molecule has 2 aromatic rings. The number of ether oxygens (including phenoxy) is 1. The van der Waals surface area contributed by atoms with Gasteiger partial charge in [-0.25, -0.2) is 5.48 Å². The number of carbonyl (C=O) groups excluding carboxylic acids is 1. The van der Waals surface area contributed by atoms with Crippen LogP contribution in [-0.2, 0) is 14.4 Å². The fourth-order valence-electron chi connectivity index (χ4n) is 2.30. The van der Waals surface area contributed by atoms with Gasteiger partial charge >= 0.3 is 0 Å². The number of aromatic nitrogens is 2. The van der Waals surface area contributed by atoms with Crippen LogP contribution in [0.25, 0.3) is 0 Å². The topological polar surface area (TPSA) is 65.4 Å². The summed E-state index contributed by atoms with van der Waals surface area (Å²) < 4.78 is 6.82. The first-order valence-corrected chi connectivity index (χ1v) is 6.92.